The molecule has 0 spiro atoms. The maximum atomic E-state index is 13.9. The first-order valence-corrected chi connectivity index (χ1v) is 8.86. The number of carbonyl (C=O) groups is 1. The number of nitrogens with one attached hydrogen (secondary N) is 1. The first kappa shape index (κ1) is 19.0. The van der Waals surface area contributed by atoms with Gasteiger partial charge in [-0.05, 0) is 56.2 Å². The summed E-state index contributed by atoms with van der Waals surface area (Å²) in [5.74, 6) is -0.411. The van der Waals surface area contributed by atoms with Gasteiger partial charge in [0.05, 0.1) is 18.6 Å². The fourth-order valence-corrected chi connectivity index (χ4v) is 2.96. The number of hydrogen-bond donors (Lipinski definition) is 1. The van der Waals surface area contributed by atoms with Crippen molar-refractivity contribution in [2.45, 2.75) is 20.8 Å². The van der Waals surface area contributed by atoms with Gasteiger partial charge in [0.15, 0.2) is 0 Å². The van der Waals surface area contributed by atoms with Gasteiger partial charge in [-0.1, -0.05) is 11.6 Å². The van der Waals surface area contributed by atoms with E-state index in [2.05, 4.69) is 5.32 Å². The second-order valence-corrected chi connectivity index (χ2v) is 6.57. The molecule has 0 bridgehead atoms. The van der Waals surface area contributed by atoms with Crippen LogP contribution in [0.4, 0.5) is 10.1 Å². The summed E-state index contributed by atoms with van der Waals surface area (Å²) < 4.78 is 25.1. The van der Waals surface area contributed by atoms with E-state index < -0.39 is 11.7 Å². The molecule has 140 valence electrons. The molecule has 0 saturated carbocycles. The Morgan fingerprint density at radius 3 is 2.81 bits per heavy atom. The predicted octanol–water partition coefficient (Wildman–Crippen LogP) is 5.97. The molecule has 0 aliphatic rings. The van der Waals surface area contributed by atoms with E-state index in [-0.39, 0.29) is 10.7 Å². The molecule has 0 saturated heterocycles. The molecule has 0 aliphatic carbocycles. The number of hydrogen-bond acceptors (Lipinski definition) is 3. The monoisotopic (exact) mass is 387 g/mol. The summed E-state index contributed by atoms with van der Waals surface area (Å²) in [4.78, 5) is 12.3. The van der Waals surface area contributed by atoms with Gasteiger partial charge in [0.2, 0.25) is 5.91 Å². The van der Waals surface area contributed by atoms with Crippen LogP contribution in [-0.2, 0) is 4.79 Å². The van der Waals surface area contributed by atoms with Crippen molar-refractivity contribution < 1.29 is 18.3 Å². The van der Waals surface area contributed by atoms with Crippen LogP contribution in [0.1, 0.15) is 25.0 Å². The van der Waals surface area contributed by atoms with Crippen molar-refractivity contribution in [2.24, 2.45) is 0 Å². The molecule has 0 radical (unpaired) electrons. The minimum atomic E-state index is -0.590. The Morgan fingerprint density at radius 1 is 1.33 bits per heavy atom. The number of anilines is 1. The second-order valence-electron chi connectivity index (χ2n) is 6.14. The summed E-state index contributed by atoms with van der Waals surface area (Å²) in [6, 6.07) is 7.83. The van der Waals surface area contributed by atoms with Crippen LogP contribution in [0.5, 0.6) is 5.75 Å². The quantitative estimate of drug-likeness (QED) is 0.548. The van der Waals surface area contributed by atoms with Gasteiger partial charge in [-0.3, -0.25) is 4.79 Å². The molecule has 1 heterocycles. The summed E-state index contributed by atoms with van der Waals surface area (Å²) in [7, 11) is 0. The van der Waals surface area contributed by atoms with Gasteiger partial charge < -0.3 is 14.5 Å². The summed E-state index contributed by atoms with van der Waals surface area (Å²) in [5.41, 5.74) is 3.25. The molecule has 6 heteroatoms. The van der Waals surface area contributed by atoms with Crippen molar-refractivity contribution in [1.82, 2.24) is 0 Å². The molecule has 2 aromatic carbocycles. The van der Waals surface area contributed by atoms with Crippen LogP contribution in [0.2, 0.25) is 5.02 Å². The van der Waals surface area contributed by atoms with Gasteiger partial charge in [-0.2, -0.15) is 0 Å². The third-order valence-electron chi connectivity index (χ3n) is 4.13. The van der Waals surface area contributed by atoms with Gasteiger partial charge in [0, 0.05) is 28.1 Å². The smallest absolute Gasteiger partial charge is 0.248 e. The number of ether oxygens (including phenoxy) is 1. The maximum Gasteiger partial charge on any atom is 0.248 e. The van der Waals surface area contributed by atoms with E-state index in [0.717, 1.165) is 28.2 Å². The largest absolute Gasteiger partial charge is 0.493 e. The summed E-state index contributed by atoms with van der Waals surface area (Å²) in [6.45, 7) is 6.12. The normalized spacial score (nSPS) is 11.7. The second kappa shape index (κ2) is 7.84. The number of aryl methyl sites for hydroxylation is 1. The SMILES string of the molecule is CCOc1cc2occ(C)c2cc1/C(C)=C/C(=O)Nc1ccc(Cl)cc1F. The summed E-state index contributed by atoms with van der Waals surface area (Å²) in [6.07, 6.45) is 3.09. The molecule has 1 aromatic heterocycles. The maximum absolute atomic E-state index is 13.9. The van der Waals surface area contributed by atoms with Crippen molar-refractivity contribution in [3.63, 3.8) is 0 Å². The Morgan fingerprint density at radius 2 is 2.11 bits per heavy atom. The fraction of sp³-hybridized carbons (Fsp3) is 0.190. The molecule has 0 unspecified atom stereocenters. The van der Waals surface area contributed by atoms with E-state index in [1.807, 2.05) is 26.0 Å². The van der Waals surface area contributed by atoms with Crippen molar-refractivity contribution >= 4 is 39.7 Å². The first-order chi connectivity index (χ1) is 12.9. The van der Waals surface area contributed by atoms with E-state index >= 15 is 0 Å². The minimum Gasteiger partial charge on any atom is -0.493 e. The van der Waals surface area contributed by atoms with Crippen LogP contribution >= 0.6 is 11.6 Å². The zero-order valence-corrected chi connectivity index (χ0v) is 16.0. The number of allylic oxidation sites excluding steroid dienone is 1. The highest BCUT2D eigenvalue weighted by Gasteiger charge is 2.13. The Hall–Kier alpha value is -2.79. The number of halogens is 2. The number of furan rings is 1. The van der Waals surface area contributed by atoms with Gasteiger partial charge in [0.25, 0.3) is 0 Å². The van der Waals surface area contributed by atoms with Crippen LogP contribution in [-0.4, -0.2) is 12.5 Å². The van der Waals surface area contributed by atoms with E-state index in [0.29, 0.717) is 17.9 Å². The Balaban J connectivity index is 1.93. The van der Waals surface area contributed by atoms with Gasteiger partial charge >= 0.3 is 0 Å². The molecule has 0 fully saturated rings. The molecule has 3 rings (SSSR count). The molecule has 4 nitrogen and oxygen atoms in total. The van der Waals surface area contributed by atoms with Crippen molar-refractivity contribution in [3.05, 3.63) is 64.6 Å². The lowest BCUT2D eigenvalue weighted by Crippen LogP contribution is -2.10. The zero-order valence-electron chi connectivity index (χ0n) is 15.2. The lowest BCUT2D eigenvalue weighted by atomic mass is 10.0. The van der Waals surface area contributed by atoms with Crippen molar-refractivity contribution in [1.29, 1.82) is 0 Å². The van der Waals surface area contributed by atoms with E-state index in [9.17, 15) is 9.18 Å². The molecule has 0 aliphatic heterocycles. The molecule has 3 aromatic rings. The van der Waals surface area contributed by atoms with E-state index in [1.54, 1.807) is 13.2 Å². The average Bonchev–Trinajstić information content (AvgIpc) is 2.97. The van der Waals surface area contributed by atoms with Crippen molar-refractivity contribution in [2.75, 3.05) is 11.9 Å². The Kier molecular flexibility index (Phi) is 5.51. The minimum absolute atomic E-state index is 0.0691. The Bertz CT molecular complexity index is 1040. The third-order valence-corrected chi connectivity index (χ3v) is 4.37. The Labute approximate surface area is 161 Å². The van der Waals surface area contributed by atoms with Gasteiger partial charge in [-0.15, -0.1) is 0 Å². The van der Waals surface area contributed by atoms with Crippen LogP contribution in [0.25, 0.3) is 16.5 Å². The molecule has 1 amide bonds. The zero-order chi connectivity index (χ0) is 19.6. The molecular formula is C21H19ClFNO3. The van der Waals surface area contributed by atoms with Crippen LogP contribution < -0.4 is 10.1 Å². The molecule has 1 N–H and O–H groups in total. The van der Waals surface area contributed by atoms with Crippen LogP contribution in [0.3, 0.4) is 0 Å². The van der Waals surface area contributed by atoms with E-state index in [4.69, 9.17) is 20.8 Å². The average molecular weight is 388 g/mol. The highest BCUT2D eigenvalue weighted by atomic mass is 35.5. The molecular weight excluding hydrogens is 369 g/mol. The van der Waals surface area contributed by atoms with Crippen LogP contribution in [0, 0.1) is 12.7 Å². The highest BCUT2D eigenvalue weighted by Crippen LogP contribution is 2.33. The van der Waals surface area contributed by atoms with Crippen LogP contribution in [0.15, 0.2) is 47.1 Å². The highest BCUT2D eigenvalue weighted by molar-refractivity contribution is 6.30. The number of carbonyl (C=O) groups excluding carboxylic acids is 1. The molecule has 0 atom stereocenters. The topological polar surface area (TPSA) is 51.5 Å². The summed E-state index contributed by atoms with van der Waals surface area (Å²) >= 11 is 5.73. The number of benzene rings is 2. The van der Waals surface area contributed by atoms with Gasteiger partial charge in [-0.25, -0.2) is 4.39 Å². The lowest BCUT2D eigenvalue weighted by molar-refractivity contribution is -0.111. The predicted molar refractivity (Wildman–Crippen MR) is 106 cm³/mol. The van der Waals surface area contributed by atoms with Crippen molar-refractivity contribution in [3.8, 4) is 5.75 Å². The third kappa shape index (κ3) is 4.14. The standard InChI is InChI=1S/C21H19ClFNO3/c1-4-26-19-10-20-16(13(3)11-27-20)9-15(19)12(2)7-21(25)24-18-6-5-14(22)8-17(18)23/h5-11H,4H2,1-3H3,(H,24,25)/b12-7+. The number of rotatable bonds is 5. The van der Waals surface area contributed by atoms with Gasteiger partial charge in [0.1, 0.15) is 17.1 Å². The fourth-order valence-electron chi connectivity index (χ4n) is 2.80. The first-order valence-electron chi connectivity index (χ1n) is 8.48. The summed E-state index contributed by atoms with van der Waals surface area (Å²) in [5, 5.41) is 3.74. The van der Waals surface area contributed by atoms with E-state index in [1.165, 1.54) is 18.2 Å². The molecule has 27 heavy (non-hydrogen) atoms. The number of amides is 1. The number of fused-ring (bicyclic) bond motifs is 1. The lowest BCUT2D eigenvalue weighted by Gasteiger charge is -2.11.